The van der Waals surface area contributed by atoms with Crippen LogP contribution in [0.4, 0.5) is 5.69 Å². The van der Waals surface area contributed by atoms with E-state index in [1.165, 1.54) is 18.2 Å². The molecule has 0 spiro atoms. The van der Waals surface area contributed by atoms with Gasteiger partial charge in [0.25, 0.3) is 0 Å². The molecule has 0 heterocycles. The summed E-state index contributed by atoms with van der Waals surface area (Å²) in [6.45, 7) is 1.73. The third-order valence-electron chi connectivity index (χ3n) is 2.35. The summed E-state index contributed by atoms with van der Waals surface area (Å²) < 4.78 is 4.68. The van der Waals surface area contributed by atoms with E-state index >= 15 is 0 Å². The zero-order valence-corrected chi connectivity index (χ0v) is 12.1. The molecular formula is C13H15ClN2O5. The third kappa shape index (κ3) is 5.80. The van der Waals surface area contributed by atoms with E-state index in [-0.39, 0.29) is 36.0 Å². The fourth-order valence-electron chi connectivity index (χ4n) is 1.44. The van der Waals surface area contributed by atoms with Crippen LogP contribution in [0.2, 0.25) is 5.02 Å². The Morgan fingerprint density at radius 3 is 2.62 bits per heavy atom. The number of carboxylic acids is 1. The standard InChI is InChI=1S/C13H15ClN2O5/c1-2-21-12(18)7-15-6-11(17)16-10-5-8(13(19)20)3-4-9(10)14/h3-5,15H,2,6-7H2,1H3,(H,16,17)(H,19,20). The smallest absolute Gasteiger partial charge is 0.335 e. The highest BCUT2D eigenvalue weighted by Gasteiger charge is 2.10. The van der Waals surface area contributed by atoms with Crippen molar-refractivity contribution in [3.8, 4) is 0 Å². The van der Waals surface area contributed by atoms with Crippen LogP contribution in [0, 0.1) is 0 Å². The van der Waals surface area contributed by atoms with Crippen molar-refractivity contribution in [3.05, 3.63) is 28.8 Å². The van der Waals surface area contributed by atoms with Crippen LogP contribution >= 0.6 is 11.6 Å². The lowest BCUT2D eigenvalue weighted by Gasteiger charge is -2.09. The Kier molecular flexibility index (Phi) is 6.64. The number of rotatable bonds is 7. The maximum atomic E-state index is 11.7. The van der Waals surface area contributed by atoms with E-state index in [2.05, 4.69) is 15.4 Å². The van der Waals surface area contributed by atoms with E-state index in [1.807, 2.05) is 0 Å². The molecule has 0 aliphatic heterocycles. The topological polar surface area (TPSA) is 105 Å². The number of hydrogen-bond acceptors (Lipinski definition) is 5. The van der Waals surface area contributed by atoms with Crippen molar-refractivity contribution in [2.45, 2.75) is 6.92 Å². The van der Waals surface area contributed by atoms with Crippen LogP contribution in [0.3, 0.4) is 0 Å². The Bertz CT molecular complexity index is 547. The molecule has 1 amide bonds. The minimum atomic E-state index is -1.12. The molecule has 0 aliphatic carbocycles. The molecule has 0 unspecified atom stereocenters. The average molecular weight is 315 g/mol. The predicted octanol–water partition coefficient (Wildman–Crippen LogP) is 1.13. The summed E-state index contributed by atoms with van der Waals surface area (Å²) in [6, 6.07) is 3.97. The lowest BCUT2D eigenvalue weighted by Crippen LogP contribution is -2.32. The normalized spacial score (nSPS) is 10.0. The monoisotopic (exact) mass is 314 g/mol. The Balaban J connectivity index is 2.53. The van der Waals surface area contributed by atoms with Gasteiger partial charge in [0, 0.05) is 0 Å². The molecule has 1 aromatic carbocycles. The molecule has 0 aliphatic rings. The second-order valence-electron chi connectivity index (χ2n) is 3.96. The number of carbonyl (C=O) groups is 3. The summed E-state index contributed by atoms with van der Waals surface area (Å²) in [5, 5.41) is 14.2. The van der Waals surface area contributed by atoms with Crippen molar-refractivity contribution in [1.82, 2.24) is 5.32 Å². The minimum absolute atomic E-state index is 0.00850. The number of ether oxygens (including phenoxy) is 1. The first-order valence-electron chi connectivity index (χ1n) is 6.13. The van der Waals surface area contributed by atoms with Gasteiger partial charge in [0.1, 0.15) is 0 Å². The van der Waals surface area contributed by atoms with Gasteiger partial charge in [-0.1, -0.05) is 11.6 Å². The number of halogens is 1. The van der Waals surface area contributed by atoms with Gasteiger partial charge in [-0.25, -0.2) is 4.79 Å². The molecule has 21 heavy (non-hydrogen) atoms. The largest absolute Gasteiger partial charge is 0.478 e. The quantitative estimate of drug-likeness (QED) is 0.652. The van der Waals surface area contributed by atoms with Crippen molar-refractivity contribution >= 4 is 35.1 Å². The molecular weight excluding hydrogens is 300 g/mol. The maximum Gasteiger partial charge on any atom is 0.335 e. The first-order chi connectivity index (χ1) is 9.93. The number of carbonyl (C=O) groups excluding carboxylic acids is 2. The highest BCUT2D eigenvalue weighted by Crippen LogP contribution is 2.22. The van der Waals surface area contributed by atoms with Gasteiger partial charge in [-0.2, -0.15) is 0 Å². The fourth-order valence-corrected chi connectivity index (χ4v) is 1.60. The Morgan fingerprint density at radius 2 is 2.00 bits per heavy atom. The van der Waals surface area contributed by atoms with Crippen LogP contribution < -0.4 is 10.6 Å². The molecule has 7 nitrogen and oxygen atoms in total. The molecule has 8 heteroatoms. The van der Waals surface area contributed by atoms with Crippen molar-refractivity contribution in [2.24, 2.45) is 0 Å². The zero-order valence-electron chi connectivity index (χ0n) is 11.3. The molecule has 0 aromatic heterocycles. The van der Waals surface area contributed by atoms with Gasteiger partial charge in [0.05, 0.1) is 36.0 Å². The van der Waals surface area contributed by atoms with Crippen molar-refractivity contribution in [3.63, 3.8) is 0 Å². The number of benzene rings is 1. The number of hydrogen-bond donors (Lipinski definition) is 3. The van der Waals surface area contributed by atoms with E-state index < -0.39 is 17.8 Å². The van der Waals surface area contributed by atoms with Crippen LogP contribution in [0.1, 0.15) is 17.3 Å². The molecule has 0 bridgehead atoms. The Hall–Kier alpha value is -2.12. The van der Waals surface area contributed by atoms with Crippen LogP contribution in [-0.2, 0) is 14.3 Å². The first-order valence-corrected chi connectivity index (χ1v) is 6.51. The highest BCUT2D eigenvalue weighted by molar-refractivity contribution is 6.33. The minimum Gasteiger partial charge on any atom is -0.478 e. The molecule has 1 aromatic rings. The molecule has 0 fully saturated rings. The van der Waals surface area contributed by atoms with E-state index in [0.29, 0.717) is 0 Å². The van der Waals surface area contributed by atoms with Gasteiger partial charge < -0.3 is 15.2 Å². The SMILES string of the molecule is CCOC(=O)CNCC(=O)Nc1cc(C(=O)O)ccc1Cl. The number of nitrogens with one attached hydrogen (secondary N) is 2. The van der Waals surface area contributed by atoms with E-state index in [4.69, 9.17) is 16.7 Å². The van der Waals surface area contributed by atoms with E-state index in [0.717, 1.165) is 0 Å². The summed E-state index contributed by atoms with van der Waals surface area (Å²) in [5.41, 5.74) is 0.202. The highest BCUT2D eigenvalue weighted by atomic mass is 35.5. The number of amides is 1. The summed E-state index contributed by atoms with van der Waals surface area (Å²) in [6.07, 6.45) is 0. The summed E-state index contributed by atoms with van der Waals surface area (Å²) in [5.74, 6) is -2.04. The van der Waals surface area contributed by atoms with Crippen molar-refractivity contribution in [1.29, 1.82) is 0 Å². The molecule has 114 valence electrons. The number of anilines is 1. The summed E-state index contributed by atoms with van der Waals surface area (Å²) in [4.78, 5) is 33.5. The molecule has 0 saturated carbocycles. The van der Waals surface area contributed by atoms with Gasteiger partial charge in [0.15, 0.2) is 0 Å². The molecule has 3 N–H and O–H groups in total. The predicted molar refractivity (Wildman–Crippen MR) is 76.5 cm³/mol. The molecule has 1 rings (SSSR count). The van der Waals surface area contributed by atoms with Gasteiger partial charge in [-0.15, -0.1) is 0 Å². The number of aromatic carboxylic acids is 1. The number of esters is 1. The Labute approximate surface area is 126 Å². The molecule has 0 saturated heterocycles. The molecule has 0 radical (unpaired) electrons. The second kappa shape index (κ2) is 8.23. The second-order valence-corrected chi connectivity index (χ2v) is 4.36. The van der Waals surface area contributed by atoms with Crippen molar-refractivity contribution in [2.75, 3.05) is 25.0 Å². The van der Waals surface area contributed by atoms with Gasteiger partial charge in [-0.3, -0.25) is 14.9 Å². The van der Waals surface area contributed by atoms with Crippen LogP contribution in [0.25, 0.3) is 0 Å². The fraction of sp³-hybridized carbons (Fsp3) is 0.308. The summed E-state index contributed by atoms with van der Waals surface area (Å²) in [7, 11) is 0. The zero-order chi connectivity index (χ0) is 15.8. The van der Waals surface area contributed by atoms with E-state index in [9.17, 15) is 14.4 Å². The van der Waals surface area contributed by atoms with Crippen molar-refractivity contribution < 1.29 is 24.2 Å². The molecule has 0 atom stereocenters. The lowest BCUT2D eigenvalue weighted by molar-refractivity contribution is -0.141. The van der Waals surface area contributed by atoms with Gasteiger partial charge in [-0.05, 0) is 25.1 Å². The summed E-state index contributed by atoms with van der Waals surface area (Å²) >= 11 is 5.87. The number of carboxylic acid groups (broad SMARTS) is 1. The van der Waals surface area contributed by atoms with Crippen LogP contribution in [0.15, 0.2) is 18.2 Å². The van der Waals surface area contributed by atoms with Crippen LogP contribution in [-0.4, -0.2) is 42.6 Å². The maximum absolute atomic E-state index is 11.7. The lowest BCUT2D eigenvalue weighted by atomic mass is 10.2. The Morgan fingerprint density at radius 1 is 1.29 bits per heavy atom. The van der Waals surface area contributed by atoms with Gasteiger partial charge >= 0.3 is 11.9 Å². The average Bonchev–Trinajstić information content (AvgIpc) is 2.41. The first kappa shape index (κ1) is 16.9. The van der Waals surface area contributed by atoms with E-state index in [1.54, 1.807) is 6.92 Å². The van der Waals surface area contributed by atoms with Gasteiger partial charge in [0.2, 0.25) is 5.91 Å². The van der Waals surface area contributed by atoms with Crippen LogP contribution in [0.5, 0.6) is 0 Å². The third-order valence-corrected chi connectivity index (χ3v) is 2.68.